The summed E-state index contributed by atoms with van der Waals surface area (Å²) in [5.74, 6) is 0.310. The number of carbonyl (C=O) groups excluding carboxylic acids is 2. The molecule has 26 heavy (non-hydrogen) atoms. The Morgan fingerprint density at radius 2 is 1.81 bits per heavy atom. The van der Waals surface area contributed by atoms with E-state index >= 15 is 0 Å². The Labute approximate surface area is 151 Å². The Morgan fingerprint density at radius 1 is 1.08 bits per heavy atom. The van der Waals surface area contributed by atoms with Gasteiger partial charge >= 0.3 is 0 Å². The summed E-state index contributed by atoms with van der Waals surface area (Å²) in [7, 11) is 0. The van der Waals surface area contributed by atoms with Gasteiger partial charge in [0.25, 0.3) is 5.91 Å². The lowest BCUT2D eigenvalue weighted by molar-refractivity contribution is -0.130. The number of hydrogen-bond donors (Lipinski definition) is 1. The van der Waals surface area contributed by atoms with Crippen LogP contribution in [0, 0.1) is 11.3 Å². The lowest BCUT2D eigenvalue weighted by Gasteiger charge is -2.33. The maximum atomic E-state index is 12.5. The van der Waals surface area contributed by atoms with Gasteiger partial charge < -0.3 is 15.1 Å². The first-order chi connectivity index (χ1) is 12.6. The van der Waals surface area contributed by atoms with Crippen LogP contribution >= 0.6 is 0 Å². The van der Waals surface area contributed by atoms with Crippen molar-refractivity contribution in [3.8, 4) is 6.07 Å². The highest BCUT2D eigenvalue weighted by molar-refractivity contribution is 5.92. The monoisotopic (exact) mass is 350 g/mol. The van der Waals surface area contributed by atoms with Gasteiger partial charge in [-0.2, -0.15) is 5.26 Å². The molecule has 0 spiro atoms. The molecule has 0 unspecified atom stereocenters. The minimum atomic E-state index is -0.196. The molecule has 1 aromatic carbocycles. The molecule has 0 radical (unpaired) electrons. The number of aromatic nitrogens is 2. The van der Waals surface area contributed by atoms with Crippen LogP contribution in [-0.2, 0) is 4.79 Å². The molecule has 1 N–H and O–H groups in total. The van der Waals surface area contributed by atoms with Gasteiger partial charge in [-0.3, -0.25) is 9.59 Å². The van der Waals surface area contributed by atoms with E-state index < -0.39 is 0 Å². The third kappa shape index (κ3) is 3.95. The van der Waals surface area contributed by atoms with Crippen molar-refractivity contribution >= 4 is 23.3 Å². The molecule has 0 saturated carbocycles. The summed E-state index contributed by atoms with van der Waals surface area (Å²) >= 11 is 0. The average molecular weight is 350 g/mol. The fourth-order valence-electron chi connectivity index (χ4n) is 2.71. The summed E-state index contributed by atoms with van der Waals surface area (Å²) in [6.45, 7) is 3.57. The molecule has 1 fully saturated rings. The van der Waals surface area contributed by atoms with Gasteiger partial charge in [0.1, 0.15) is 0 Å². The average Bonchev–Trinajstić information content (AvgIpc) is 2.68. The molecule has 0 bridgehead atoms. The first-order valence-corrected chi connectivity index (χ1v) is 8.22. The van der Waals surface area contributed by atoms with Crippen molar-refractivity contribution in [3.63, 3.8) is 0 Å². The Kier molecular flexibility index (Phi) is 5.08. The molecule has 132 valence electrons. The normalized spacial score (nSPS) is 13.8. The number of nitrogens with one attached hydrogen (secondary N) is 1. The van der Waals surface area contributed by atoms with Gasteiger partial charge in [-0.1, -0.05) is 6.07 Å². The smallest absolute Gasteiger partial charge is 0.274 e. The van der Waals surface area contributed by atoms with Gasteiger partial charge in [-0.25, -0.2) is 0 Å². The molecule has 8 heteroatoms. The van der Waals surface area contributed by atoms with Crippen LogP contribution in [0.3, 0.4) is 0 Å². The van der Waals surface area contributed by atoms with Crippen LogP contribution in [0.25, 0.3) is 0 Å². The molecule has 3 rings (SSSR count). The highest BCUT2D eigenvalue weighted by Gasteiger charge is 2.24. The fourth-order valence-corrected chi connectivity index (χ4v) is 2.71. The largest absolute Gasteiger partial charge is 0.339 e. The van der Waals surface area contributed by atoms with E-state index in [9.17, 15) is 9.59 Å². The van der Waals surface area contributed by atoms with Crippen molar-refractivity contribution in [3.05, 3.63) is 47.7 Å². The topological polar surface area (TPSA) is 102 Å². The molecule has 0 aliphatic carbocycles. The van der Waals surface area contributed by atoms with E-state index in [2.05, 4.69) is 21.6 Å². The summed E-state index contributed by atoms with van der Waals surface area (Å²) in [4.78, 5) is 27.2. The summed E-state index contributed by atoms with van der Waals surface area (Å²) in [6.07, 6.45) is 0. The maximum absolute atomic E-state index is 12.5. The number of piperazine rings is 1. The van der Waals surface area contributed by atoms with Gasteiger partial charge in [-0.15, -0.1) is 10.2 Å². The van der Waals surface area contributed by atoms with Crippen LogP contribution in [0.15, 0.2) is 36.4 Å². The van der Waals surface area contributed by atoms with E-state index in [0.717, 1.165) is 5.69 Å². The van der Waals surface area contributed by atoms with Crippen LogP contribution in [-0.4, -0.2) is 58.0 Å². The second-order valence-electron chi connectivity index (χ2n) is 5.92. The third-order valence-corrected chi connectivity index (χ3v) is 4.16. The Balaban J connectivity index is 1.63. The molecular weight excluding hydrogens is 332 g/mol. The van der Waals surface area contributed by atoms with Crippen molar-refractivity contribution in [2.75, 3.05) is 31.5 Å². The van der Waals surface area contributed by atoms with Gasteiger partial charge in [0.15, 0.2) is 11.5 Å². The predicted molar refractivity (Wildman–Crippen MR) is 94.6 cm³/mol. The van der Waals surface area contributed by atoms with Crippen LogP contribution in [0.1, 0.15) is 23.0 Å². The Bertz CT molecular complexity index is 851. The number of hydrogen-bond acceptors (Lipinski definition) is 6. The van der Waals surface area contributed by atoms with Crippen LogP contribution in [0.5, 0.6) is 0 Å². The molecule has 2 aromatic rings. The molecule has 2 amide bonds. The van der Waals surface area contributed by atoms with Crippen LogP contribution in [0.2, 0.25) is 0 Å². The number of carbonyl (C=O) groups is 2. The SMILES string of the molecule is CC(=O)N1CCN(C(=O)c2ccc(Nc3cccc(C#N)c3)nn2)CC1. The van der Waals surface area contributed by atoms with E-state index in [1.807, 2.05) is 6.07 Å². The maximum Gasteiger partial charge on any atom is 0.274 e. The van der Waals surface area contributed by atoms with E-state index in [1.165, 1.54) is 6.92 Å². The number of nitrogens with zero attached hydrogens (tertiary/aromatic N) is 5. The number of amides is 2. The van der Waals surface area contributed by atoms with Gasteiger partial charge in [0, 0.05) is 38.8 Å². The lowest BCUT2D eigenvalue weighted by atomic mass is 10.2. The quantitative estimate of drug-likeness (QED) is 0.897. The second kappa shape index (κ2) is 7.61. The van der Waals surface area contributed by atoms with E-state index in [0.29, 0.717) is 37.6 Å². The molecular formula is C18H18N6O2. The Hall–Kier alpha value is -3.47. The standard InChI is InChI=1S/C18H18N6O2/c1-13(25)23-7-9-24(10-8-23)18(26)16-5-6-17(22-21-16)20-15-4-2-3-14(11-15)12-19/h2-6,11H,7-10H2,1H3,(H,20,22). The van der Waals surface area contributed by atoms with Crippen molar-refractivity contribution in [2.24, 2.45) is 0 Å². The minimum absolute atomic E-state index is 0.0211. The van der Waals surface area contributed by atoms with Crippen LogP contribution in [0.4, 0.5) is 11.5 Å². The molecule has 2 heterocycles. The zero-order valence-corrected chi connectivity index (χ0v) is 14.3. The minimum Gasteiger partial charge on any atom is -0.339 e. The molecule has 1 saturated heterocycles. The molecule has 8 nitrogen and oxygen atoms in total. The predicted octanol–water partition coefficient (Wildman–Crippen LogP) is 1.40. The van der Waals surface area contributed by atoms with E-state index in [1.54, 1.807) is 40.1 Å². The summed E-state index contributed by atoms with van der Waals surface area (Å²) in [5.41, 5.74) is 1.52. The third-order valence-electron chi connectivity index (χ3n) is 4.16. The molecule has 1 aromatic heterocycles. The number of anilines is 2. The van der Waals surface area contributed by atoms with E-state index in [-0.39, 0.29) is 17.5 Å². The molecule has 1 aliphatic rings. The van der Waals surface area contributed by atoms with Crippen molar-refractivity contribution in [1.29, 1.82) is 5.26 Å². The summed E-state index contributed by atoms with van der Waals surface area (Å²) in [6, 6.07) is 12.4. The van der Waals surface area contributed by atoms with Gasteiger partial charge in [-0.05, 0) is 30.3 Å². The first kappa shape index (κ1) is 17.4. The zero-order valence-electron chi connectivity index (χ0n) is 14.3. The van der Waals surface area contributed by atoms with Crippen molar-refractivity contribution < 1.29 is 9.59 Å². The molecule has 0 atom stereocenters. The molecule has 1 aliphatic heterocycles. The fraction of sp³-hybridized carbons (Fsp3) is 0.278. The van der Waals surface area contributed by atoms with Crippen molar-refractivity contribution in [2.45, 2.75) is 6.92 Å². The summed E-state index contributed by atoms with van der Waals surface area (Å²) in [5, 5.41) is 20.0. The first-order valence-electron chi connectivity index (χ1n) is 8.22. The number of rotatable bonds is 3. The second-order valence-corrected chi connectivity index (χ2v) is 5.92. The highest BCUT2D eigenvalue weighted by atomic mass is 16.2. The van der Waals surface area contributed by atoms with Crippen molar-refractivity contribution in [1.82, 2.24) is 20.0 Å². The van der Waals surface area contributed by atoms with E-state index in [4.69, 9.17) is 5.26 Å². The number of nitriles is 1. The number of benzene rings is 1. The Morgan fingerprint density at radius 3 is 2.42 bits per heavy atom. The van der Waals surface area contributed by atoms with Crippen LogP contribution < -0.4 is 5.32 Å². The zero-order chi connectivity index (χ0) is 18.5. The summed E-state index contributed by atoms with van der Waals surface area (Å²) < 4.78 is 0. The lowest BCUT2D eigenvalue weighted by Crippen LogP contribution is -2.50. The highest BCUT2D eigenvalue weighted by Crippen LogP contribution is 2.16. The van der Waals surface area contributed by atoms with Gasteiger partial charge in [0.2, 0.25) is 5.91 Å². The van der Waals surface area contributed by atoms with Gasteiger partial charge in [0.05, 0.1) is 11.6 Å².